The zero-order chi connectivity index (χ0) is 20.7. The summed E-state index contributed by atoms with van der Waals surface area (Å²) in [5, 5.41) is 13.1. The number of nitrogens with zero attached hydrogens (tertiary/aromatic N) is 2. The minimum absolute atomic E-state index is 0.105. The fourth-order valence-electron chi connectivity index (χ4n) is 3.37. The highest BCUT2D eigenvalue weighted by molar-refractivity contribution is 5.96. The lowest BCUT2D eigenvalue weighted by atomic mass is 9.87. The Bertz CT molecular complexity index is 842. The van der Waals surface area contributed by atoms with Gasteiger partial charge in [-0.25, -0.2) is 0 Å². The summed E-state index contributed by atoms with van der Waals surface area (Å²) in [4.78, 5) is 36.1. The number of hydrogen-bond donors (Lipinski definition) is 3. The molecule has 1 saturated heterocycles. The van der Waals surface area contributed by atoms with Crippen LogP contribution in [0.2, 0.25) is 0 Å². The monoisotopic (exact) mass is 399 g/mol. The van der Waals surface area contributed by atoms with Gasteiger partial charge in [-0.05, 0) is 49.7 Å². The van der Waals surface area contributed by atoms with E-state index in [0.29, 0.717) is 18.5 Å². The van der Waals surface area contributed by atoms with Gasteiger partial charge in [-0.2, -0.15) is 5.10 Å². The number of benzene rings is 1. The first-order valence-electron chi connectivity index (χ1n) is 9.48. The first-order valence-corrected chi connectivity index (χ1v) is 9.48. The average molecular weight is 399 g/mol. The molecule has 0 bridgehead atoms. The highest BCUT2D eigenvalue weighted by Gasteiger charge is 2.42. The van der Waals surface area contributed by atoms with Gasteiger partial charge >= 0.3 is 5.97 Å². The Morgan fingerprint density at radius 2 is 1.93 bits per heavy atom. The number of amides is 2. The molecule has 1 aromatic carbocycles. The van der Waals surface area contributed by atoms with Gasteiger partial charge in [0.25, 0.3) is 5.91 Å². The zero-order valence-electron chi connectivity index (χ0n) is 16.3. The Kier molecular flexibility index (Phi) is 6.61. The zero-order valence-corrected chi connectivity index (χ0v) is 16.3. The Labute approximate surface area is 168 Å². The molecule has 0 radical (unpaired) electrons. The van der Waals surface area contributed by atoms with Crippen LogP contribution in [0, 0.1) is 0 Å². The van der Waals surface area contributed by atoms with E-state index in [9.17, 15) is 14.4 Å². The SMILES string of the molecule is COC(=O)CNC(=O)Cc1ccc(NC(=O)C2(n3cccn3)CCNCC2)cc1. The molecule has 3 rings (SSSR count). The molecule has 1 aliphatic rings. The van der Waals surface area contributed by atoms with Crippen LogP contribution in [0.25, 0.3) is 0 Å². The summed E-state index contributed by atoms with van der Waals surface area (Å²) in [6.45, 7) is 1.33. The van der Waals surface area contributed by atoms with E-state index in [1.807, 2.05) is 12.3 Å². The molecule has 1 aromatic heterocycles. The minimum Gasteiger partial charge on any atom is -0.468 e. The summed E-state index contributed by atoms with van der Waals surface area (Å²) in [5.41, 5.74) is 0.703. The first kappa shape index (κ1) is 20.5. The van der Waals surface area contributed by atoms with Crippen LogP contribution in [0.1, 0.15) is 18.4 Å². The van der Waals surface area contributed by atoms with E-state index < -0.39 is 11.5 Å². The number of carbonyl (C=O) groups is 3. The molecule has 154 valence electrons. The van der Waals surface area contributed by atoms with Crippen LogP contribution in [0.5, 0.6) is 0 Å². The van der Waals surface area contributed by atoms with Crippen molar-refractivity contribution in [3.8, 4) is 0 Å². The van der Waals surface area contributed by atoms with Crippen LogP contribution in [0.4, 0.5) is 5.69 Å². The maximum absolute atomic E-state index is 13.1. The largest absolute Gasteiger partial charge is 0.468 e. The van der Waals surface area contributed by atoms with Gasteiger partial charge in [0, 0.05) is 18.1 Å². The normalized spacial score (nSPS) is 15.3. The fraction of sp³-hybridized carbons (Fsp3) is 0.400. The number of esters is 1. The van der Waals surface area contributed by atoms with E-state index >= 15 is 0 Å². The summed E-state index contributed by atoms with van der Waals surface area (Å²) in [6, 6.07) is 8.89. The van der Waals surface area contributed by atoms with Gasteiger partial charge in [-0.15, -0.1) is 0 Å². The van der Waals surface area contributed by atoms with Gasteiger partial charge in [-0.3, -0.25) is 19.1 Å². The Morgan fingerprint density at radius 3 is 2.55 bits per heavy atom. The van der Waals surface area contributed by atoms with Crippen LogP contribution >= 0.6 is 0 Å². The van der Waals surface area contributed by atoms with E-state index in [1.165, 1.54) is 7.11 Å². The second-order valence-corrected chi connectivity index (χ2v) is 6.91. The van der Waals surface area contributed by atoms with Gasteiger partial charge in [0.15, 0.2) is 0 Å². The molecule has 0 aliphatic carbocycles. The lowest BCUT2D eigenvalue weighted by Gasteiger charge is -2.36. The Morgan fingerprint density at radius 1 is 1.21 bits per heavy atom. The minimum atomic E-state index is -0.721. The van der Waals surface area contributed by atoms with E-state index in [1.54, 1.807) is 35.1 Å². The molecule has 3 N–H and O–H groups in total. The summed E-state index contributed by atoms with van der Waals surface area (Å²) < 4.78 is 6.22. The third-order valence-electron chi connectivity index (χ3n) is 5.03. The van der Waals surface area contributed by atoms with Crippen LogP contribution in [0.3, 0.4) is 0 Å². The number of nitrogens with one attached hydrogen (secondary N) is 3. The molecular weight excluding hydrogens is 374 g/mol. The second kappa shape index (κ2) is 9.33. The molecule has 29 heavy (non-hydrogen) atoms. The molecule has 0 saturated carbocycles. The van der Waals surface area contributed by atoms with Crippen molar-refractivity contribution in [3.63, 3.8) is 0 Å². The standard InChI is InChI=1S/C20H25N5O4/c1-29-18(27)14-22-17(26)13-15-3-5-16(6-4-15)24-19(28)20(7-10-21-11-8-20)25-12-2-9-23-25/h2-6,9,12,21H,7-8,10-11,13-14H2,1H3,(H,22,26)(H,24,28). The maximum atomic E-state index is 13.1. The van der Waals surface area contributed by atoms with Crippen molar-refractivity contribution in [1.29, 1.82) is 0 Å². The predicted molar refractivity (Wildman–Crippen MR) is 106 cm³/mol. The number of carbonyl (C=O) groups excluding carboxylic acids is 3. The average Bonchev–Trinajstić information content (AvgIpc) is 3.29. The van der Waals surface area contributed by atoms with Gasteiger partial charge in [-0.1, -0.05) is 12.1 Å². The Hall–Kier alpha value is -3.20. The second-order valence-electron chi connectivity index (χ2n) is 6.91. The van der Waals surface area contributed by atoms with E-state index in [2.05, 4.69) is 25.8 Å². The van der Waals surface area contributed by atoms with Crippen molar-refractivity contribution in [1.82, 2.24) is 20.4 Å². The van der Waals surface area contributed by atoms with Crippen molar-refractivity contribution < 1.29 is 19.1 Å². The van der Waals surface area contributed by atoms with Gasteiger partial charge in [0.05, 0.1) is 13.5 Å². The van der Waals surface area contributed by atoms with E-state index in [-0.39, 0.29) is 24.8 Å². The molecule has 2 heterocycles. The number of rotatable bonds is 7. The van der Waals surface area contributed by atoms with E-state index in [4.69, 9.17) is 0 Å². The molecule has 1 fully saturated rings. The third-order valence-corrected chi connectivity index (χ3v) is 5.03. The Balaban J connectivity index is 1.62. The van der Waals surface area contributed by atoms with E-state index in [0.717, 1.165) is 18.7 Å². The van der Waals surface area contributed by atoms with Crippen LogP contribution in [0.15, 0.2) is 42.7 Å². The first-order chi connectivity index (χ1) is 14.0. The maximum Gasteiger partial charge on any atom is 0.325 e. The highest BCUT2D eigenvalue weighted by Crippen LogP contribution is 2.28. The summed E-state index contributed by atoms with van der Waals surface area (Å²) in [6.07, 6.45) is 4.93. The lowest BCUT2D eigenvalue weighted by molar-refractivity contribution is -0.141. The number of hydrogen-bond acceptors (Lipinski definition) is 6. The highest BCUT2D eigenvalue weighted by atomic mass is 16.5. The van der Waals surface area contributed by atoms with Crippen LogP contribution < -0.4 is 16.0 Å². The van der Waals surface area contributed by atoms with Crippen molar-refractivity contribution >= 4 is 23.5 Å². The topological polar surface area (TPSA) is 114 Å². The quantitative estimate of drug-likeness (QED) is 0.582. The summed E-state index contributed by atoms with van der Waals surface area (Å²) >= 11 is 0. The van der Waals surface area contributed by atoms with Crippen molar-refractivity contribution in [2.75, 3.05) is 32.1 Å². The smallest absolute Gasteiger partial charge is 0.325 e. The van der Waals surface area contributed by atoms with Gasteiger partial charge in [0.1, 0.15) is 12.1 Å². The number of piperidine rings is 1. The number of ether oxygens (including phenoxy) is 1. The van der Waals surface area contributed by atoms with Crippen molar-refractivity contribution in [2.45, 2.75) is 24.8 Å². The van der Waals surface area contributed by atoms with Crippen molar-refractivity contribution in [3.05, 3.63) is 48.3 Å². The number of methoxy groups -OCH3 is 1. The molecule has 1 aliphatic heterocycles. The molecule has 2 aromatic rings. The van der Waals surface area contributed by atoms with Crippen LogP contribution in [-0.4, -0.2) is 54.3 Å². The van der Waals surface area contributed by atoms with Crippen LogP contribution in [-0.2, 0) is 31.1 Å². The predicted octanol–water partition coefficient (Wildman–Crippen LogP) is 0.432. The number of anilines is 1. The molecular formula is C20H25N5O4. The molecule has 0 atom stereocenters. The van der Waals surface area contributed by atoms with Gasteiger partial charge in [0.2, 0.25) is 5.91 Å². The summed E-state index contributed by atoms with van der Waals surface area (Å²) in [5.74, 6) is -0.883. The van der Waals surface area contributed by atoms with Crippen molar-refractivity contribution in [2.24, 2.45) is 0 Å². The fourth-order valence-corrected chi connectivity index (χ4v) is 3.37. The lowest BCUT2D eigenvalue weighted by Crippen LogP contribution is -2.52. The molecule has 0 spiro atoms. The summed E-state index contributed by atoms with van der Waals surface area (Å²) in [7, 11) is 1.27. The molecule has 2 amide bonds. The third kappa shape index (κ3) is 5.00. The molecule has 0 unspecified atom stereocenters. The van der Waals surface area contributed by atoms with Gasteiger partial charge < -0.3 is 20.7 Å². The number of aromatic nitrogens is 2. The molecule has 9 nitrogen and oxygen atoms in total. The molecule has 9 heteroatoms.